The van der Waals surface area contributed by atoms with E-state index in [0.29, 0.717) is 0 Å². The van der Waals surface area contributed by atoms with Gasteiger partial charge in [0.05, 0.1) is 11.5 Å². The van der Waals surface area contributed by atoms with E-state index in [9.17, 15) is 19.2 Å². The second-order valence-electron chi connectivity index (χ2n) is 10.5. The molecule has 0 aromatic carbocycles. The van der Waals surface area contributed by atoms with E-state index in [2.05, 4.69) is 16.9 Å². The number of alkyl carbamates (subject to hydrolysis) is 1. The first-order valence-electron chi connectivity index (χ1n) is 11.9. The second kappa shape index (κ2) is 12.8. The van der Waals surface area contributed by atoms with Crippen molar-refractivity contribution in [1.29, 1.82) is 0 Å². The summed E-state index contributed by atoms with van der Waals surface area (Å²) in [6.07, 6.45) is -5.90. The minimum absolute atomic E-state index is 0.0392. The number of nitrogens with one attached hydrogen (secondary N) is 1. The van der Waals surface area contributed by atoms with Crippen LogP contribution in [0.2, 0.25) is 0 Å². The largest absolute Gasteiger partial charge is 0.509 e. The molecule has 3 atom stereocenters. The predicted molar refractivity (Wildman–Crippen MR) is 138 cm³/mol. The summed E-state index contributed by atoms with van der Waals surface area (Å²) in [5.41, 5.74) is -1.84. The van der Waals surface area contributed by atoms with Gasteiger partial charge in [0.2, 0.25) is 12.3 Å². The fraction of sp³-hybridized carbons (Fsp3) is 0.625. The van der Waals surface area contributed by atoms with Crippen LogP contribution >= 0.6 is 11.8 Å². The summed E-state index contributed by atoms with van der Waals surface area (Å²) in [5, 5.41) is 11.0. The van der Waals surface area contributed by atoms with Crippen LogP contribution in [0.5, 0.6) is 0 Å². The number of carboxylic acid groups (broad SMARTS) is 1. The summed E-state index contributed by atoms with van der Waals surface area (Å²) >= 11 is 0.749. The lowest BCUT2D eigenvalue weighted by Crippen LogP contribution is -2.49. The maximum atomic E-state index is 15.7. The number of nitrogens with zero attached hydrogens (tertiary/aromatic N) is 2. The number of esters is 1. The van der Waals surface area contributed by atoms with Gasteiger partial charge in [-0.1, -0.05) is 6.58 Å². The predicted octanol–water partition coefficient (Wildman–Crippen LogP) is 3.25. The molecule has 2 N–H and O–H groups in total. The number of ether oxygens (including phenoxy) is 5. The molecule has 13 nitrogen and oxygen atoms in total. The first kappa shape index (κ1) is 32.8. The van der Waals surface area contributed by atoms with Gasteiger partial charge in [-0.2, -0.15) is 8.78 Å². The Labute approximate surface area is 233 Å². The number of aliphatic imine (C=N–C) groups is 1. The Kier molecular flexibility index (Phi) is 10.5. The van der Waals surface area contributed by atoms with E-state index in [0.717, 1.165) is 22.9 Å². The normalized spacial score (nSPS) is 22.3. The minimum atomic E-state index is -3.90. The van der Waals surface area contributed by atoms with Gasteiger partial charge in [-0.3, -0.25) is 14.9 Å². The van der Waals surface area contributed by atoms with Gasteiger partial charge in [0.1, 0.15) is 35.6 Å². The minimum Gasteiger partial charge on any atom is -0.481 e. The Morgan fingerprint density at radius 1 is 1.15 bits per heavy atom. The van der Waals surface area contributed by atoms with E-state index in [4.69, 9.17) is 28.8 Å². The van der Waals surface area contributed by atoms with Crippen LogP contribution in [0.4, 0.5) is 18.4 Å². The molecule has 1 saturated heterocycles. The van der Waals surface area contributed by atoms with E-state index < -0.39 is 66.4 Å². The first-order chi connectivity index (χ1) is 18.3. The van der Waals surface area contributed by atoms with Crippen molar-refractivity contribution in [3.05, 3.63) is 24.7 Å². The molecule has 1 amide bonds. The number of alkyl halides is 2. The molecule has 2 aliphatic rings. The average Bonchev–Trinajstić information content (AvgIpc) is 2.99. The van der Waals surface area contributed by atoms with Gasteiger partial charge in [-0.05, 0) is 47.6 Å². The third-order valence-electron chi connectivity index (χ3n) is 4.64. The molecule has 1 fully saturated rings. The van der Waals surface area contributed by atoms with Crippen molar-refractivity contribution in [2.45, 2.75) is 77.1 Å². The molecule has 16 heteroatoms. The van der Waals surface area contributed by atoms with Crippen LogP contribution in [-0.4, -0.2) is 93.7 Å². The summed E-state index contributed by atoms with van der Waals surface area (Å²) < 4.78 is 56.8. The van der Waals surface area contributed by atoms with Gasteiger partial charge in [0.25, 0.3) is 0 Å². The summed E-state index contributed by atoms with van der Waals surface area (Å²) in [6.45, 7) is 12.4. The number of carboxylic acids is 1. The Morgan fingerprint density at radius 2 is 1.77 bits per heavy atom. The number of carbonyl (C=O) groups is 4. The zero-order chi connectivity index (χ0) is 30.5. The van der Waals surface area contributed by atoms with Crippen molar-refractivity contribution in [3.8, 4) is 0 Å². The highest BCUT2D eigenvalue weighted by Gasteiger charge is 2.64. The van der Waals surface area contributed by atoms with Gasteiger partial charge in [0, 0.05) is 6.20 Å². The van der Waals surface area contributed by atoms with Crippen molar-refractivity contribution >= 4 is 41.8 Å². The summed E-state index contributed by atoms with van der Waals surface area (Å²) in [7, 11) is 0. The van der Waals surface area contributed by atoms with Crippen LogP contribution in [-0.2, 0) is 33.3 Å². The van der Waals surface area contributed by atoms with Crippen molar-refractivity contribution in [3.63, 3.8) is 0 Å². The molecule has 2 heterocycles. The smallest absolute Gasteiger partial charge is 0.481 e. The molecular weight excluding hydrogens is 560 g/mol. The van der Waals surface area contributed by atoms with Gasteiger partial charge in [0.15, 0.2) is 0 Å². The van der Waals surface area contributed by atoms with E-state index in [1.54, 1.807) is 20.8 Å². The number of rotatable bonds is 8. The van der Waals surface area contributed by atoms with Gasteiger partial charge in [-0.25, -0.2) is 14.6 Å². The maximum absolute atomic E-state index is 15.7. The number of halogens is 2. The molecule has 0 radical (unpaired) electrons. The highest BCUT2D eigenvalue weighted by atomic mass is 32.2. The molecule has 40 heavy (non-hydrogen) atoms. The van der Waals surface area contributed by atoms with Crippen molar-refractivity contribution in [2.75, 3.05) is 18.1 Å². The number of hydrogen-bond donors (Lipinski definition) is 2. The van der Waals surface area contributed by atoms with Gasteiger partial charge < -0.3 is 33.7 Å². The van der Waals surface area contributed by atoms with E-state index >= 15 is 8.78 Å². The first-order valence-corrected chi connectivity index (χ1v) is 13.1. The Bertz CT molecular complexity index is 1070. The van der Waals surface area contributed by atoms with Crippen molar-refractivity contribution in [1.82, 2.24) is 10.2 Å². The van der Waals surface area contributed by atoms with Crippen LogP contribution in [0, 0.1) is 0 Å². The van der Waals surface area contributed by atoms with Gasteiger partial charge in [-0.15, -0.1) is 11.8 Å². The van der Waals surface area contributed by atoms with Crippen molar-refractivity contribution in [2.24, 2.45) is 4.99 Å². The van der Waals surface area contributed by atoms with Crippen LogP contribution in [0.3, 0.4) is 0 Å². The highest BCUT2D eigenvalue weighted by molar-refractivity contribution is 8.00. The fourth-order valence-electron chi connectivity index (χ4n) is 3.23. The lowest BCUT2D eigenvalue weighted by Gasteiger charge is -2.32. The Hall–Kier alpha value is -3.40. The zero-order valence-corrected chi connectivity index (χ0v) is 23.7. The Morgan fingerprint density at radius 3 is 2.33 bits per heavy atom. The number of amidine groups is 1. The molecule has 0 bridgehead atoms. The molecule has 2 rings (SSSR count). The summed E-state index contributed by atoms with van der Waals surface area (Å²) in [6, 6.07) is 0. The summed E-state index contributed by atoms with van der Waals surface area (Å²) in [5.74, 6) is -6.95. The van der Waals surface area contributed by atoms with E-state index in [-0.39, 0.29) is 23.2 Å². The number of carbonyl (C=O) groups excluding carboxylic acids is 3. The topological polar surface area (TPSA) is 162 Å². The third-order valence-corrected chi connectivity index (χ3v) is 5.53. The number of aliphatic carboxylic acids is 1. The fourth-order valence-corrected chi connectivity index (χ4v) is 3.75. The van der Waals surface area contributed by atoms with E-state index in [1.165, 1.54) is 26.8 Å². The van der Waals surface area contributed by atoms with Crippen LogP contribution in [0.25, 0.3) is 0 Å². The highest BCUT2D eigenvalue weighted by Crippen LogP contribution is 2.42. The molecule has 3 unspecified atom stereocenters. The monoisotopic (exact) mass is 593 g/mol. The zero-order valence-electron chi connectivity index (χ0n) is 22.9. The molecule has 2 aliphatic heterocycles. The molecule has 224 valence electrons. The third kappa shape index (κ3) is 9.97. The maximum Gasteiger partial charge on any atom is 0.509 e. The van der Waals surface area contributed by atoms with Crippen LogP contribution < -0.4 is 5.32 Å². The molecule has 0 aromatic rings. The van der Waals surface area contributed by atoms with Crippen LogP contribution in [0.1, 0.15) is 41.5 Å². The molecule has 0 saturated carbocycles. The lowest BCUT2D eigenvalue weighted by atomic mass is 10.1. The van der Waals surface area contributed by atoms with Crippen molar-refractivity contribution < 1.29 is 56.7 Å². The quantitative estimate of drug-likeness (QED) is 0.313. The average molecular weight is 594 g/mol. The number of hydrogen-bond acceptors (Lipinski definition) is 12. The SMILES string of the molecule is C=C1N=C(NC(=O)OC(C)(C)C)C=CN1C1OC(COC(=O)CSCC(=O)O)C(OC(=O)OC(C)(C)C)C1(F)F. The Balaban J connectivity index is 2.18. The van der Waals surface area contributed by atoms with E-state index in [1.807, 2.05) is 0 Å². The number of amides is 1. The van der Waals surface area contributed by atoms with Crippen LogP contribution in [0.15, 0.2) is 29.7 Å². The molecule has 0 aliphatic carbocycles. The second-order valence-corrected chi connectivity index (χ2v) is 11.5. The molecule has 0 aromatic heterocycles. The summed E-state index contributed by atoms with van der Waals surface area (Å²) in [4.78, 5) is 51.7. The standard InChI is InChI=1S/C24H33F2N3O10S/c1-13-27-15(28-20(33)38-22(2,3)4)8-9-29(13)19-24(25,26)18(37-21(34)39-23(5,6)7)14(36-19)10-35-17(32)12-40-11-16(30)31/h8-9,14,18-19H,1,10-12H2,2-7H3,(H,30,31)(H,27,28,33). The number of thioether (sulfide) groups is 1. The molecule has 0 spiro atoms. The van der Waals surface area contributed by atoms with Gasteiger partial charge >= 0.3 is 30.1 Å². The molecular formula is C24H33F2N3O10S. The lowest BCUT2D eigenvalue weighted by molar-refractivity contribution is -0.156.